The molecule has 1 aromatic heterocycles. The summed E-state index contributed by atoms with van der Waals surface area (Å²) >= 11 is 0. The van der Waals surface area contributed by atoms with Gasteiger partial charge in [0, 0.05) is 38.6 Å². The van der Waals surface area contributed by atoms with Crippen molar-refractivity contribution in [3.8, 4) is 0 Å². The number of nitrogens with one attached hydrogen (secondary N) is 1. The summed E-state index contributed by atoms with van der Waals surface area (Å²) in [4.78, 5) is 21.1. The molecular formula is C14H22N4O3. The third-order valence-corrected chi connectivity index (χ3v) is 3.53. The van der Waals surface area contributed by atoms with E-state index in [-0.39, 0.29) is 5.69 Å². The van der Waals surface area contributed by atoms with Crippen molar-refractivity contribution in [1.29, 1.82) is 0 Å². The Labute approximate surface area is 124 Å². The number of anilines is 1. The van der Waals surface area contributed by atoms with Gasteiger partial charge in [-0.3, -0.25) is 0 Å². The quantitative estimate of drug-likeness (QED) is 0.728. The Morgan fingerprint density at radius 3 is 2.86 bits per heavy atom. The van der Waals surface area contributed by atoms with Crippen LogP contribution in [0.25, 0.3) is 0 Å². The van der Waals surface area contributed by atoms with Crippen LogP contribution in [-0.4, -0.2) is 65.3 Å². The number of rotatable bonds is 7. The summed E-state index contributed by atoms with van der Waals surface area (Å²) < 4.78 is 5.83. The molecule has 1 aliphatic heterocycles. The minimum Gasteiger partial charge on any atom is -0.476 e. The van der Waals surface area contributed by atoms with Crippen LogP contribution in [0.1, 0.15) is 29.8 Å². The number of nitrogens with zero attached hydrogens (tertiary/aromatic N) is 3. The molecular weight excluding hydrogens is 272 g/mol. The van der Waals surface area contributed by atoms with E-state index in [0.29, 0.717) is 25.1 Å². The third-order valence-electron chi connectivity index (χ3n) is 3.53. The summed E-state index contributed by atoms with van der Waals surface area (Å²) in [6, 6.07) is 0. The Hall–Kier alpha value is -1.73. The first-order chi connectivity index (χ1) is 10.2. The lowest BCUT2D eigenvalue weighted by Gasteiger charge is -2.28. The molecule has 21 heavy (non-hydrogen) atoms. The Kier molecular flexibility index (Phi) is 5.89. The SMILES string of the molecule is CN1CCC(OCCCNc2nccnc2C(=O)O)CC1. The van der Waals surface area contributed by atoms with Crippen LogP contribution < -0.4 is 5.32 Å². The van der Waals surface area contributed by atoms with E-state index in [1.165, 1.54) is 12.4 Å². The van der Waals surface area contributed by atoms with Gasteiger partial charge in [0.15, 0.2) is 11.5 Å². The van der Waals surface area contributed by atoms with Crippen molar-refractivity contribution in [3.63, 3.8) is 0 Å². The minimum absolute atomic E-state index is 0.0475. The first-order valence-corrected chi connectivity index (χ1v) is 7.25. The number of carbonyl (C=O) groups is 1. The van der Waals surface area contributed by atoms with Gasteiger partial charge in [0.1, 0.15) is 0 Å². The predicted octanol–water partition coefficient (Wildman–Crippen LogP) is 1.09. The molecule has 2 rings (SSSR count). The predicted molar refractivity (Wildman–Crippen MR) is 78.6 cm³/mol. The van der Waals surface area contributed by atoms with Gasteiger partial charge in [0.25, 0.3) is 0 Å². The lowest BCUT2D eigenvalue weighted by Crippen LogP contribution is -2.34. The van der Waals surface area contributed by atoms with Gasteiger partial charge in [-0.1, -0.05) is 0 Å². The fourth-order valence-electron chi connectivity index (χ4n) is 2.30. The highest BCUT2D eigenvalue weighted by molar-refractivity contribution is 5.90. The third kappa shape index (κ3) is 4.95. The van der Waals surface area contributed by atoms with Crippen LogP contribution in [0.15, 0.2) is 12.4 Å². The molecule has 116 valence electrons. The topological polar surface area (TPSA) is 87.6 Å². The number of aromatic nitrogens is 2. The Morgan fingerprint density at radius 1 is 1.43 bits per heavy atom. The first kappa shape index (κ1) is 15.7. The van der Waals surface area contributed by atoms with Crippen molar-refractivity contribution in [1.82, 2.24) is 14.9 Å². The average molecular weight is 294 g/mol. The van der Waals surface area contributed by atoms with E-state index in [9.17, 15) is 4.79 Å². The highest BCUT2D eigenvalue weighted by atomic mass is 16.5. The van der Waals surface area contributed by atoms with E-state index < -0.39 is 5.97 Å². The van der Waals surface area contributed by atoms with Gasteiger partial charge in [-0.25, -0.2) is 14.8 Å². The Bertz CT molecular complexity index is 461. The van der Waals surface area contributed by atoms with Crippen LogP contribution in [0.4, 0.5) is 5.82 Å². The summed E-state index contributed by atoms with van der Waals surface area (Å²) in [5, 5.41) is 12.0. The number of aromatic carboxylic acids is 1. The fraction of sp³-hybridized carbons (Fsp3) is 0.643. The van der Waals surface area contributed by atoms with E-state index >= 15 is 0 Å². The molecule has 7 nitrogen and oxygen atoms in total. The zero-order chi connectivity index (χ0) is 15.1. The van der Waals surface area contributed by atoms with Crippen molar-refractivity contribution >= 4 is 11.8 Å². The maximum absolute atomic E-state index is 11.0. The van der Waals surface area contributed by atoms with Crippen molar-refractivity contribution in [3.05, 3.63) is 18.1 Å². The zero-order valence-corrected chi connectivity index (χ0v) is 12.3. The lowest BCUT2D eigenvalue weighted by atomic mass is 10.1. The molecule has 0 amide bonds. The molecule has 0 saturated carbocycles. The number of hydrogen-bond donors (Lipinski definition) is 2. The monoisotopic (exact) mass is 294 g/mol. The maximum atomic E-state index is 11.0. The normalized spacial score (nSPS) is 16.8. The van der Waals surface area contributed by atoms with E-state index in [1.807, 2.05) is 0 Å². The second kappa shape index (κ2) is 7.90. The molecule has 7 heteroatoms. The van der Waals surface area contributed by atoms with E-state index in [2.05, 4.69) is 27.2 Å². The van der Waals surface area contributed by atoms with E-state index in [0.717, 1.165) is 32.4 Å². The summed E-state index contributed by atoms with van der Waals surface area (Å²) in [5.41, 5.74) is -0.0475. The number of likely N-dealkylation sites (tertiary alicyclic amines) is 1. The molecule has 0 unspecified atom stereocenters. The number of carboxylic acid groups (broad SMARTS) is 1. The summed E-state index contributed by atoms with van der Waals surface area (Å²) in [7, 11) is 2.13. The highest BCUT2D eigenvalue weighted by Gasteiger charge is 2.16. The molecule has 1 saturated heterocycles. The number of hydrogen-bond acceptors (Lipinski definition) is 6. The van der Waals surface area contributed by atoms with Crippen LogP contribution in [-0.2, 0) is 4.74 Å². The van der Waals surface area contributed by atoms with Crippen LogP contribution in [0.3, 0.4) is 0 Å². The highest BCUT2D eigenvalue weighted by Crippen LogP contribution is 2.12. The molecule has 0 radical (unpaired) electrons. The Morgan fingerprint density at radius 2 is 2.14 bits per heavy atom. The second-order valence-corrected chi connectivity index (χ2v) is 5.21. The van der Waals surface area contributed by atoms with Crippen LogP contribution in [0.5, 0.6) is 0 Å². The Balaban J connectivity index is 1.65. The largest absolute Gasteiger partial charge is 0.476 e. The summed E-state index contributed by atoms with van der Waals surface area (Å²) in [6.07, 6.45) is 6.17. The van der Waals surface area contributed by atoms with Crippen molar-refractivity contribution in [2.24, 2.45) is 0 Å². The first-order valence-electron chi connectivity index (χ1n) is 7.25. The van der Waals surface area contributed by atoms with E-state index in [1.54, 1.807) is 0 Å². The molecule has 1 aromatic rings. The van der Waals surface area contributed by atoms with Crippen molar-refractivity contribution in [2.45, 2.75) is 25.4 Å². The van der Waals surface area contributed by atoms with Gasteiger partial charge in [-0.15, -0.1) is 0 Å². The second-order valence-electron chi connectivity index (χ2n) is 5.21. The molecule has 0 aromatic carbocycles. The van der Waals surface area contributed by atoms with Crippen LogP contribution >= 0.6 is 0 Å². The molecule has 0 spiro atoms. The van der Waals surface area contributed by atoms with Crippen LogP contribution in [0.2, 0.25) is 0 Å². The summed E-state index contributed by atoms with van der Waals surface area (Å²) in [6.45, 7) is 3.46. The molecule has 0 aliphatic carbocycles. The van der Waals surface area contributed by atoms with Crippen molar-refractivity contribution in [2.75, 3.05) is 38.6 Å². The standard InChI is InChI=1S/C14H22N4O3/c1-18-8-3-11(4-9-18)21-10-2-5-16-13-12(14(19)20)15-6-7-17-13/h6-7,11H,2-5,8-10H2,1H3,(H,16,17)(H,19,20). The van der Waals surface area contributed by atoms with Crippen LogP contribution in [0, 0.1) is 0 Å². The van der Waals surface area contributed by atoms with E-state index in [4.69, 9.17) is 9.84 Å². The van der Waals surface area contributed by atoms with Gasteiger partial charge in [-0.2, -0.15) is 0 Å². The number of carboxylic acids is 1. The van der Waals surface area contributed by atoms with Gasteiger partial charge < -0.3 is 20.1 Å². The summed E-state index contributed by atoms with van der Waals surface area (Å²) in [5.74, 6) is -0.766. The fourth-order valence-corrected chi connectivity index (χ4v) is 2.30. The molecule has 0 bridgehead atoms. The molecule has 1 aliphatic rings. The molecule has 2 heterocycles. The van der Waals surface area contributed by atoms with Gasteiger partial charge in [0.2, 0.25) is 0 Å². The maximum Gasteiger partial charge on any atom is 0.358 e. The smallest absolute Gasteiger partial charge is 0.358 e. The van der Waals surface area contributed by atoms with Crippen molar-refractivity contribution < 1.29 is 14.6 Å². The number of piperidine rings is 1. The number of ether oxygens (including phenoxy) is 1. The lowest BCUT2D eigenvalue weighted by molar-refractivity contribution is 0.0125. The molecule has 2 N–H and O–H groups in total. The average Bonchev–Trinajstić information content (AvgIpc) is 2.49. The zero-order valence-electron chi connectivity index (χ0n) is 12.3. The van der Waals surface area contributed by atoms with Gasteiger partial charge in [-0.05, 0) is 26.3 Å². The molecule has 1 fully saturated rings. The minimum atomic E-state index is -1.08. The van der Waals surface area contributed by atoms with Gasteiger partial charge >= 0.3 is 5.97 Å². The van der Waals surface area contributed by atoms with Gasteiger partial charge in [0.05, 0.1) is 6.10 Å². The molecule has 0 atom stereocenters.